The van der Waals surface area contributed by atoms with Crippen molar-refractivity contribution in [2.24, 2.45) is 0 Å². The molecule has 4 heteroatoms. The molecule has 1 fully saturated rings. The molecule has 0 radical (unpaired) electrons. The average Bonchev–Trinajstić information content (AvgIpc) is 3.11. The van der Waals surface area contributed by atoms with E-state index in [9.17, 15) is 9.59 Å². The van der Waals surface area contributed by atoms with Gasteiger partial charge < -0.3 is 9.64 Å². The highest BCUT2D eigenvalue weighted by Crippen LogP contribution is 2.20. The molecule has 1 aliphatic heterocycles. The summed E-state index contributed by atoms with van der Waals surface area (Å²) in [5.41, 5.74) is 0. The minimum absolute atomic E-state index is 0.115. The SMILES string of the molecule is CCCCCCCCCCCOC(=O)C1CCCN1C(=O)CCCC. The zero-order valence-corrected chi connectivity index (χ0v) is 16.6. The normalized spacial score (nSPS) is 17.0. The first kappa shape index (κ1) is 22.0. The Bertz CT molecular complexity index is 370. The molecule has 0 aromatic heterocycles. The second-order valence-corrected chi connectivity index (χ2v) is 7.34. The van der Waals surface area contributed by atoms with Crippen molar-refractivity contribution in [3.05, 3.63) is 0 Å². The molecule has 0 aliphatic carbocycles. The number of unbranched alkanes of at least 4 members (excludes halogenated alkanes) is 9. The lowest BCUT2D eigenvalue weighted by Gasteiger charge is -2.23. The van der Waals surface area contributed by atoms with Crippen LogP contribution in [0.1, 0.15) is 104 Å². The van der Waals surface area contributed by atoms with Gasteiger partial charge in [0.15, 0.2) is 0 Å². The maximum Gasteiger partial charge on any atom is 0.328 e. The fourth-order valence-corrected chi connectivity index (χ4v) is 3.46. The van der Waals surface area contributed by atoms with Crippen LogP contribution in [0.3, 0.4) is 0 Å². The molecule has 1 atom stereocenters. The molecule has 0 bridgehead atoms. The number of carbonyl (C=O) groups excluding carboxylic acids is 2. The highest BCUT2D eigenvalue weighted by Gasteiger charge is 2.34. The molecular formula is C21H39NO3. The molecule has 1 aliphatic rings. The van der Waals surface area contributed by atoms with E-state index in [0.29, 0.717) is 19.6 Å². The van der Waals surface area contributed by atoms with Gasteiger partial charge in [0.05, 0.1) is 6.61 Å². The van der Waals surface area contributed by atoms with E-state index in [1.807, 2.05) is 0 Å². The molecule has 1 amide bonds. The van der Waals surface area contributed by atoms with Gasteiger partial charge in [0.1, 0.15) is 6.04 Å². The molecule has 4 nitrogen and oxygen atoms in total. The van der Waals surface area contributed by atoms with Gasteiger partial charge in [-0.15, -0.1) is 0 Å². The Hall–Kier alpha value is -1.06. The summed E-state index contributed by atoms with van der Waals surface area (Å²) in [6, 6.07) is -0.331. The van der Waals surface area contributed by atoms with E-state index in [1.165, 1.54) is 44.9 Å². The summed E-state index contributed by atoms with van der Waals surface area (Å²) in [6.45, 7) is 5.53. The van der Waals surface area contributed by atoms with Crippen molar-refractivity contribution in [1.29, 1.82) is 0 Å². The van der Waals surface area contributed by atoms with Crippen molar-refractivity contribution in [2.45, 2.75) is 110 Å². The van der Waals surface area contributed by atoms with Gasteiger partial charge in [-0.25, -0.2) is 4.79 Å². The molecule has 0 aromatic carbocycles. The Labute approximate surface area is 154 Å². The largest absolute Gasteiger partial charge is 0.464 e. The van der Waals surface area contributed by atoms with Crippen LogP contribution in [-0.2, 0) is 14.3 Å². The highest BCUT2D eigenvalue weighted by molar-refractivity contribution is 5.85. The number of nitrogens with zero attached hydrogens (tertiary/aromatic N) is 1. The summed E-state index contributed by atoms with van der Waals surface area (Å²) in [5.74, 6) is -0.0775. The Morgan fingerprint density at radius 2 is 1.48 bits per heavy atom. The van der Waals surface area contributed by atoms with E-state index in [-0.39, 0.29) is 17.9 Å². The monoisotopic (exact) mass is 353 g/mol. The van der Waals surface area contributed by atoms with Gasteiger partial charge in [0.25, 0.3) is 0 Å². The average molecular weight is 354 g/mol. The zero-order chi connectivity index (χ0) is 18.3. The molecule has 1 unspecified atom stereocenters. The van der Waals surface area contributed by atoms with Gasteiger partial charge in [-0.1, -0.05) is 71.6 Å². The predicted molar refractivity (Wildman–Crippen MR) is 102 cm³/mol. The van der Waals surface area contributed by atoms with Crippen LogP contribution < -0.4 is 0 Å². The molecule has 25 heavy (non-hydrogen) atoms. The van der Waals surface area contributed by atoms with E-state index in [0.717, 1.165) is 38.5 Å². The maximum absolute atomic E-state index is 12.3. The third kappa shape index (κ3) is 9.27. The van der Waals surface area contributed by atoms with E-state index >= 15 is 0 Å². The number of esters is 1. The van der Waals surface area contributed by atoms with Crippen molar-refractivity contribution in [2.75, 3.05) is 13.2 Å². The quantitative estimate of drug-likeness (QED) is 0.317. The molecule has 0 spiro atoms. The smallest absolute Gasteiger partial charge is 0.328 e. The van der Waals surface area contributed by atoms with Gasteiger partial charge in [-0.3, -0.25) is 4.79 Å². The van der Waals surface area contributed by atoms with Crippen molar-refractivity contribution in [3.63, 3.8) is 0 Å². The maximum atomic E-state index is 12.3. The van der Waals surface area contributed by atoms with Gasteiger partial charge >= 0.3 is 5.97 Å². The van der Waals surface area contributed by atoms with E-state index in [1.54, 1.807) is 4.90 Å². The van der Waals surface area contributed by atoms with Crippen molar-refractivity contribution >= 4 is 11.9 Å². The Morgan fingerprint density at radius 1 is 0.880 bits per heavy atom. The minimum Gasteiger partial charge on any atom is -0.464 e. The lowest BCUT2D eigenvalue weighted by Crippen LogP contribution is -2.41. The van der Waals surface area contributed by atoms with E-state index in [4.69, 9.17) is 4.74 Å². The first-order chi connectivity index (χ1) is 12.2. The standard InChI is InChI=1S/C21H39NO3/c1-3-5-7-8-9-10-11-12-13-18-25-21(24)19-15-14-17-22(19)20(23)16-6-4-2/h19H,3-18H2,1-2H3. The van der Waals surface area contributed by atoms with Gasteiger partial charge in [0, 0.05) is 13.0 Å². The minimum atomic E-state index is -0.331. The zero-order valence-electron chi connectivity index (χ0n) is 16.6. The summed E-state index contributed by atoms with van der Waals surface area (Å²) in [5, 5.41) is 0. The highest BCUT2D eigenvalue weighted by atomic mass is 16.5. The van der Waals surface area contributed by atoms with E-state index in [2.05, 4.69) is 13.8 Å². The number of amides is 1. The lowest BCUT2D eigenvalue weighted by atomic mass is 10.1. The third-order valence-corrected chi connectivity index (χ3v) is 5.08. The summed E-state index contributed by atoms with van der Waals surface area (Å²) in [4.78, 5) is 26.2. The summed E-state index contributed by atoms with van der Waals surface area (Å²) in [6.07, 6.45) is 15.4. The van der Waals surface area contributed by atoms with Crippen LogP contribution >= 0.6 is 0 Å². The van der Waals surface area contributed by atoms with Crippen LogP contribution in [0, 0.1) is 0 Å². The molecule has 1 rings (SSSR count). The van der Waals surface area contributed by atoms with Crippen LogP contribution in [0.2, 0.25) is 0 Å². The second-order valence-electron chi connectivity index (χ2n) is 7.34. The molecular weight excluding hydrogens is 314 g/mol. The first-order valence-corrected chi connectivity index (χ1v) is 10.7. The Morgan fingerprint density at radius 3 is 2.12 bits per heavy atom. The number of hydrogen-bond donors (Lipinski definition) is 0. The van der Waals surface area contributed by atoms with Crippen molar-refractivity contribution < 1.29 is 14.3 Å². The number of likely N-dealkylation sites (tertiary alicyclic amines) is 1. The Balaban J connectivity index is 2.08. The third-order valence-electron chi connectivity index (χ3n) is 5.08. The fraction of sp³-hybridized carbons (Fsp3) is 0.905. The van der Waals surface area contributed by atoms with Gasteiger partial charge in [-0.05, 0) is 25.7 Å². The van der Waals surface area contributed by atoms with E-state index < -0.39 is 0 Å². The molecule has 0 N–H and O–H groups in total. The number of carbonyl (C=O) groups is 2. The molecule has 1 heterocycles. The van der Waals surface area contributed by atoms with Crippen LogP contribution in [-0.4, -0.2) is 36.0 Å². The van der Waals surface area contributed by atoms with Crippen LogP contribution in [0.25, 0.3) is 0 Å². The van der Waals surface area contributed by atoms with Crippen molar-refractivity contribution in [3.8, 4) is 0 Å². The van der Waals surface area contributed by atoms with Crippen LogP contribution in [0.4, 0.5) is 0 Å². The second kappa shape index (κ2) is 14.1. The van der Waals surface area contributed by atoms with Crippen LogP contribution in [0.5, 0.6) is 0 Å². The number of hydrogen-bond acceptors (Lipinski definition) is 3. The van der Waals surface area contributed by atoms with Gasteiger partial charge in [-0.2, -0.15) is 0 Å². The Kier molecular flexibility index (Phi) is 12.4. The summed E-state index contributed by atoms with van der Waals surface area (Å²) < 4.78 is 5.44. The molecule has 0 aromatic rings. The lowest BCUT2D eigenvalue weighted by molar-refractivity contribution is -0.153. The number of ether oxygens (including phenoxy) is 1. The molecule has 146 valence electrons. The summed E-state index contributed by atoms with van der Waals surface area (Å²) >= 11 is 0. The van der Waals surface area contributed by atoms with Crippen molar-refractivity contribution in [1.82, 2.24) is 4.90 Å². The molecule has 1 saturated heterocycles. The topological polar surface area (TPSA) is 46.6 Å². The summed E-state index contributed by atoms with van der Waals surface area (Å²) in [7, 11) is 0. The fourth-order valence-electron chi connectivity index (χ4n) is 3.46. The predicted octanol–water partition coefficient (Wildman–Crippen LogP) is 5.24. The van der Waals surface area contributed by atoms with Gasteiger partial charge in [0.2, 0.25) is 5.91 Å². The first-order valence-electron chi connectivity index (χ1n) is 10.7. The number of rotatable bonds is 14. The van der Waals surface area contributed by atoms with Crippen LogP contribution in [0.15, 0.2) is 0 Å². The molecule has 0 saturated carbocycles.